The number of unbranched alkanes of at least 4 members (excludes halogenated alkanes) is 45. The Morgan fingerprint density at radius 3 is 0.646 bits per heavy atom. The molecule has 0 aliphatic heterocycles. The van der Waals surface area contributed by atoms with E-state index in [9.17, 15) is 0 Å². The maximum atomic E-state index is 6.59. The van der Waals surface area contributed by atoms with E-state index in [4.69, 9.17) is 14.2 Å². The van der Waals surface area contributed by atoms with Crippen molar-refractivity contribution in [1.29, 1.82) is 0 Å². The lowest BCUT2D eigenvalue weighted by molar-refractivity contribution is 0.234. The monoisotopic (exact) mass is 975 g/mol. The lowest BCUT2D eigenvalue weighted by atomic mass is 10.0. The second kappa shape index (κ2) is 52.5. The molecule has 0 heterocycles. The van der Waals surface area contributed by atoms with Crippen molar-refractivity contribution < 1.29 is 14.2 Å². The summed E-state index contributed by atoms with van der Waals surface area (Å²) in [6, 6.07) is 4.37. The summed E-state index contributed by atoms with van der Waals surface area (Å²) in [6.45, 7) is 9.15. The maximum Gasteiger partial charge on any atom is 0.203 e. The number of halogens is 1. The molecule has 1 aromatic carbocycles. The topological polar surface area (TPSA) is 27.7 Å². The molecule has 0 fully saturated rings. The van der Waals surface area contributed by atoms with E-state index in [1.807, 2.05) is 0 Å². The van der Waals surface area contributed by atoms with Crippen LogP contribution in [0.25, 0.3) is 0 Å². The highest BCUT2D eigenvalue weighted by Gasteiger charge is 2.16. The fraction of sp³-hybridized carbons (Fsp3) is 0.902. The molecule has 0 saturated heterocycles. The van der Waals surface area contributed by atoms with E-state index in [-0.39, 0.29) is 0 Å². The minimum atomic E-state index is 0.733. The molecule has 0 spiro atoms. The molecule has 0 aliphatic rings. The van der Waals surface area contributed by atoms with E-state index < -0.39 is 0 Å². The Balaban J connectivity index is 2.40. The van der Waals surface area contributed by atoms with E-state index in [2.05, 4.69) is 48.8 Å². The van der Waals surface area contributed by atoms with Crippen molar-refractivity contribution in [2.45, 2.75) is 334 Å². The van der Waals surface area contributed by atoms with Crippen LogP contribution in [-0.4, -0.2) is 19.8 Å². The zero-order valence-corrected chi connectivity index (χ0v) is 46.1. The third-order valence-electron chi connectivity index (χ3n) is 14.0. The molecule has 0 N–H and O–H groups in total. The van der Waals surface area contributed by atoms with Crippen LogP contribution in [0, 0.1) is 0 Å². The highest BCUT2D eigenvalue weighted by atomic mass is 79.9. The van der Waals surface area contributed by atoms with Crippen LogP contribution in [0.1, 0.15) is 335 Å². The molecule has 0 saturated carbocycles. The quantitative estimate of drug-likeness (QED) is 0.0481. The second-order valence-electron chi connectivity index (χ2n) is 20.5. The Labute approximate surface area is 417 Å². The largest absolute Gasteiger partial charge is 0.490 e. The Kier molecular flexibility index (Phi) is 50.1. The minimum absolute atomic E-state index is 0.733. The molecule has 0 atom stereocenters. The first kappa shape index (κ1) is 62.1. The minimum Gasteiger partial charge on any atom is -0.490 e. The standard InChI is InChI=1S/C61H115BrO3/c1-4-7-10-13-16-19-22-25-28-31-34-37-40-43-46-49-52-63-59-55-58(57-62)56-60(64-53-50-47-44-41-38-35-32-29-26-23-20-17-14-11-8-5-2)61(59)65-54-51-48-45-42-39-36-33-30-27-24-21-18-15-12-9-6-3/h55-56H,4-54,57H2,1-3H3. The molecule has 0 bridgehead atoms. The summed E-state index contributed by atoms with van der Waals surface area (Å²) in [4.78, 5) is 0. The van der Waals surface area contributed by atoms with Crippen molar-refractivity contribution in [3.05, 3.63) is 17.7 Å². The molecule has 0 radical (unpaired) electrons. The van der Waals surface area contributed by atoms with Gasteiger partial charge in [-0.05, 0) is 37.0 Å². The first-order valence-corrected chi connectivity index (χ1v) is 31.0. The van der Waals surface area contributed by atoms with E-state index in [0.717, 1.165) is 61.7 Å². The van der Waals surface area contributed by atoms with Crippen molar-refractivity contribution >= 4 is 15.9 Å². The molecular weight excluding hydrogens is 861 g/mol. The molecule has 0 aliphatic carbocycles. The Morgan fingerprint density at radius 1 is 0.262 bits per heavy atom. The summed E-state index contributed by atoms with van der Waals surface area (Å²) < 4.78 is 19.7. The second-order valence-corrected chi connectivity index (χ2v) is 21.1. The summed E-state index contributed by atoms with van der Waals surface area (Å²) in [5, 5.41) is 0.789. The van der Waals surface area contributed by atoms with Gasteiger partial charge >= 0.3 is 0 Å². The average molecular weight is 976 g/mol. The van der Waals surface area contributed by atoms with Gasteiger partial charge in [-0.2, -0.15) is 0 Å². The number of hydrogen-bond acceptors (Lipinski definition) is 3. The van der Waals surface area contributed by atoms with Crippen molar-refractivity contribution in [1.82, 2.24) is 0 Å². The Bertz CT molecular complexity index is 1000. The summed E-state index contributed by atoms with van der Waals surface area (Å²) in [5.41, 5.74) is 1.20. The van der Waals surface area contributed by atoms with Gasteiger partial charge in [0.25, 0.3) is 0 Å². The average Bonchev–Trinajstić information content (AvgIpc) is 3.32. The van der Waals surface area contributed by atoms with Crippen LogP contribution in [0.15, 0.2) is 12.1 Å². The predicted octanol–water partition coefficient (Wildman–Crippen LogP) is 22.5. The van der Waals surface area contributed by atoms with Gasteiger partial charge in [-0.1, -0.05) is 326 Å². The van der Waals surface area contributed by atoms with Gasteiger partial charge in [-0.3, -0.25) is 0 Å². The van der Waals surface area contributed by atoms with Crippen LogP contribution < -0.4 is 14.2 Å². The van der Waals surface area contributed by atoms with Gasteiger partial charge in [0.2, 0.25) is 5.75 Å². The summed E-state index contributed by atoms with van der Waals surface area (Å²) in [5.74, 6) is 2.59. The normalized spacial score (nSPS) is 11.5. The van der Waals surface area contributed by atoms with Gasteiger partial charge in [0.05, 0.1) is 19.8 Å². The van der Waals surface area contributed by atoms with Crippen LogP contribution in [-0.2, 0) is 5.33 Å². The SMILES string of the molecule is CCCCCCCCCCCCCCCCCCOc1cc(CBr)cc(OCCCCCCCCCCCCCCCCCC)c1OCCCCCCCCCCCCCCCCCC. The van der Waals surface area contributed by atoms with Crippen LogP contribution in [0.2, 0.25) is 0 Å². The molecule has 0 amide bonds. The number of benzene rings is 1. The van der Waals surface area contributed by atoms with E-state index in [1.54, 1.807) is 0 Å². The van der Waals surface area contributed by atoms with Gasteiger partial charge in [-0.15, -0.1) is 0 Å². The van der Waals surface area contributed by atoms with Gasteiger partial charge in [0, 0.05) is 5.33 Å². The number of hydrogen-bond donors (Lipinski definition) is 0. The molecule has 0 aromatic heterocycles. The third kappa shape index (κ3) is 42.9. The van der Waals surface area contributed by atoms with Crippen LogP contribution >= 0.6 is 15.9 Å². The van der Waals surface area contributed by atoms with Crippen molar-refractivity contribution in [2.24, 2.45) is 0 Å². The lowest BCUT2D eigenvalue weighted by Gasteiger charge is -2.18. The van der Waals surface area contributed by atoms with Crippen molar-refractivity contribution in [3.63, 3.8) is 0 Å². The molecule has 1 rings (SSSR count). The van der Waals surface area contributed by atoms with Crippen LogP contribution in [0.4, 0.5) is 0 Å². The fourth-order valence-corrected chi connectivity index (χ4v) is 9.88. The van der Waals surface area contributed by atoms with Crippen LogP contribution in [0.3, 0.4) is 0 Å². The molecule has 384 valence electrons. The molecule has 3 nitrogen and oxygen atoms in total. The molecule has 4 heteroatoms. The molecular formula is C61H115BrO3. The number of ether oxygens (including phenoxy) is 3. The smallest absolute Gasteiger partial charge is 0.203 e. The van der Waals surface area contributed by atoms with E-state index in [1.165, 1.54) is 295 Å². The van der Waals surface area contributed by atoms with Gasteiger partial charge in [0.1, 0.15) is 0 Å². The maximum absolute atomic E-state index is 6.59. The summed E-state index contributed by atoms with van der Waals surface area (Å²) in [7, 11) is 0. The summed E-state index contributed by atoms with van der Waals surface area (Å²) >= 11 is 3.73. The van der Waals surface area contributed by atoms with E-state index in [0.29, 0.717) is 0 Å². The van der Waals surface area contributed by atoms with Crippen LogP contribution in [0.5, 0.6) is 17.2 Å². The Hall–Kier alpha value is -0.900. The number of alkyl halides is 1. The third-order valence-corrected chi connectivity index (χ3v) is 14.6. The highest BCUT2D eigenvalue weighted by Crippen LogP contribution is 2.40. The first-order valence-electron chi connectivity index (χ1n) is 29.9. The first-order chi connectivity index (χ1) is 32.3. The number of rotatable bonds is 55. The predicted molar refractivity (Wildman–Crippen MR) is 294 cm³/mol. The molecule has 0 unspecified atom stereocenters. The van der Waals surface area contributed by atoms with Crippen molar-refractivity contribution in [3.8, 4) is 17.2 Å². The van der Waals surface area contributed by atoms with Gasteiger partial charge in [-0.25, -0.2) is 0 Å². The van der Waals surface area contributed by atoms with Crippen molar-refractivity contribution in [2.75, 3.05) is 19.8 Å². The Morgan fingerprint density at radius 2 is 0.446 bits per heavy atom. The molecule has 65 heavy (non-hydrogen) atoms. The summed E-state index contributed by atoms with van der Waals surface area (Å²) in [6.07, 6.45) is 66.4. The zero-order chi connectivity index (χ0) is 46.6. The molecule has 1 aromatic rings. The fourth-order valence-electron chi connectivity index (χ4n) is 9.55. The van der Waals surface area contributed by atoms with Gasteiger partial charge in [0.15, 0.2) is 11.5 Å². The van der Waals surface area contributed by atoms with Gasteiger partial charge < -0.3 is 14.2 Å². The lowest BCUT2D eigenvalue weighted by Crippen LogP contribution is -2.07. The highest BCUT2D eigenvalue weighted by molar-refractivity contribution is 9.08. The van der Waals surface area contributed by atoms with E-state index >= 15 is 0 Å². The zero-order valence-electron chi connectivity index (χ0n) is 44.5.